The molecule has 0 bridgehead atoms. The summed E-state index contributed by atoms with van der Waals surface area (Å²) in [6, 6.07) is 19.0. The Kier molecular flexibility index (Phi) is 5.34. The Balaban J connectivity index is 1.99. The number of nitriles is 1. The maximum atomic E-state index is 13.2. The first-order valence-corrected chi connectivity index (χ1v) is 10.4. The van der Waals surface area contributed by atoms with E-state index in [1.54, 1.807) is 11.8 Å². The van der Waals surface area contributed by atoms with Crippen LogP contribution in [0, 0.1) is 18.3 Å². The number of fused-ring (bicyclic) bond motifs is 1. The molecule has 2 N–H and O–H groups in total. The zero-order chi connectivity index (χ0) is 21.3. The average molecular weight is 417 g/mol. The SMILES string of the molecule is CCOC(=O)C1=C(c2ccccc2)N=C2SC(C#N)=C(N)N2[C@@H]1c1ccc(C)cc1. The molecule has 0 amide bonds. The number of nitrogens with two attached hydrogens (primary N) is 1. The smallest absolute Gasteiger partial charge is 0.338 e. The number of thioether (sulfide) groups is 1. The maximum Gasteiger partial charge on any atom is 0.338 e. The molecule has 0 radical (unpaired) electrons. The van der Waals surface area contributed by atoms with Crippen LogP contribution in [0.4, 0.5) is 0 Å². The minimum Gasteiger partial charge on any atom is -0.463 e. The molecule has 2 aliphatic rings. The summed E-state index contributed by atoms with van der Waals surface area (Å²) < 4.78 is 5.42. The van der Waals surface area contributed by atoms with Crippen molar-refractivity contribution in [2.45, 2.75) is 19.9 Å². The van der Waals surface area contributed by atoms with Crippen LogP contribution in [0.2, 0.25) is 0 Å². The number of aliphatic imine (C=N–C) groups is 1. The van der Waals surface area contributed by atoms with Gasteiger partial charge in [-0.1, -0.05) is 60.2 Å². The second-order valence-corrected chi connectivity index (χ2v) is 7.83. The number of aryl methyl sites for hydroxylation is 1. The zero-order valence-electron chi connectivity index (χ0n) is 16.6. The standard InChI is InChI=1S/C23H20N4O2S/c1-3-29-22(28)18-19(15-7-5-4-6-8-15)26-23-27(21(25)17(13-24)30-23)20(18)16-11-9-14(2)10-12-16/h4-12,20H,3,25H2,1-2H3/t20-/m1/s1. The predicted molar refractivity (Wildman–Crippen MR) is 118 cm³/mol. The number of esters is 1. The van der Waals surface area contributed by atoms with Crippen LogP contribution >= 0.6 is 11.8 Å². The van der Waals surface area contributed by atoms with Gasteiger partial charge in [-0.25, -0.2) is 9.79 Å². The van der Waals surface area contributed by atoms with Gasteiger partial charge in [0.2, 0.25) is 0 Å². The van der Waals surface area contributed by atoms with Gasteiger partial charge in [-0.05, 0) is 31.2 Å². The third-order valence-electron chi connectivity index (χ3n) is 4.92. The van der Waals surface area contributed by atoms with E-state index in [0.29, 0.717) is 27.2 Å². The van der Waals surface area contributed by atoms with Gasteiger partial charge in [0.1, 0.15) is 16.8 Å². The molecule has 2 aliphatic heterocycles. The highest BCUT2D eigenvalue weighted by atomic mass is 32.2. The van der Waals surface area contributed by atoms with Crippen molar-refractivity contribution in [2.24, 2.45) is 10.7 Å². The molecule has 0 unspecified atom stereocenters. The largest absolute Gasteiger partial charge is 0.463 e. The second-order valence-electron chi connectivity index (χ2n) is 6.85. The molecule has 30 heavy (non-hydrogen) atoms. The predicted octanol–water partition coefficient (Wildman–Crippen LogP) is 4.08. The molecule has 2 aromatic carbocycles. The number of carbonyl (C=O) groups excluding carboxylic acids is 1. The molecule has 0 saturated heterocycles. The van der Waals surface area contributed by atoms with Crippen LogP contribution in [0.3, 0.4) is 0 Å². The first-order valence-electron chi connectivity index (χ1n) is 9.54. The Labute approximate surface area is 179 Å². The summed E-state index contributed by atoms with van der Waals surface area (Å²) in [6.07, 6.45) is 0. The molecule has 2 heterocycles. The summed E-state index contributed by atoms with van der Waals surface area (Å²) in [4.78, 5) is 20.0. The van der Waals surface area contributed by atoms with E-state index >= 15 is 0 Å². The Hall–Kier alpha value is -3.50. The molecule has 7 heteroatoms. The Bertz CT molecular complexity index is 1130. The Morgan fingerprint density at radius 3 is 2.57 bits per heavy atom. The number of allylic oxidation sites excluding steroid dienone is 1. The first kappa shape index (κ1) is 19.8. The number of carbonyl (C=O) groups is 1. The molecule has 150 valence electrons. The Morgan fingerprint density at radius 1 is 1.23 bits per heavy atom. The Morgan fingerprint density at radius 2 is 1.93 bits per heavy atom. The minimum atomic E-state index is -0.550. The molecular formula is C23H20N4O2S. The molecule has 0 aliphatic carbocycles. The highest BCUT2D eigenvalue weighted by Crippen LogP contribution is 2.47. The molecule has 0 fully saturated rings. The fourth-order valence-electron chi connectivity index (χ4n) is 3.52. The van der Waals surface area contributed by atoms with Gasteiger partial charge in [0, 0.05) is 5.56 Å². The maximum absolute atomic E-state index is 13.2. The van der Waals surface area contributed by atoms with Gasteiger partial charge < -0.3 is 10.5 Å². The summed E-state index contributed by atoms with van der Waals surface area (Å²) in [7, 11) is 0. The second kappa shape index (κ2) is 8.09. The molecule has 2 aromatic rings. The summed E-state index contributed by atoms with van der Waals surface area (Å²) in [6.45, 7) is 4.01. The minimum absolute atomic E-state index is 0.241. The molecule has 4 rings (SSSR count). The third-order valence-corrected chi connectivity index (χ3v) is 5.90. The number of benzene rings is 2. The number of amidine groups is 1. The summed E-state index contributed by atoms with van der Waals surface area (Å²) in [5.74, 6) is -0.159. The lowest BCUT2D eigenvalue weighted by Gasteiger charge is -2.35. The van der Waals surface area contributed by atoms with Gasteiger partial charge in [0.05, 0.1) is 23.9 Å². The molecule has 0 aromatic heterocycles. The van der Waals surface area contributed by atoms with Crippen molar-refractivity contribution in [3.63, 3.8) is 0 Å². The summed E-state index contributed by atoms with van der Waals surface area (Å²) in [5, 5.41) is 10.1. The number of nitrogens with zero attached hydrogens (tertiary/aromatic N) is 3. The fourth-order valence-corrected chi connectivity index (χ4v) is 4.39. The van der Waals surface area contributed by atoms with Gasteiger partial charge in [0.25, 0.3) is 0 Å². The van der Waals surface area contributed by atoms with Gasteiger partial charge in [-0.2, -0.15) is 5.26 Å². The monoisotopic (exact) mass is 416 g/mol. The van der Waals surface area contributed by atoms with Crippen LogP contribution in [0.1, 0.15) is 29.7 Å². The van der Waals surface area contributed by atoms with Crippen LogP contribution < -0.4 is 5.73 Å². The number of ether oxygens (including phenoxy) is 1. The van der Waals surface area contributed by atoms with Crippen LogP contribution in [-0.4, -0.2) is 22.6 Å². The molecule has 0 saturated carbocycles. The lowest BCUT2D eigenvalue weighted by molar-refractivity contribution is -0.139. The van der Waals surface area contributed by atoms with Crippen LogP contribution in [-0.2, 0) is 9.53 Å². The van der Waals surface area contributed by atoms with Crippen molar-refractivity contribution in [3.05, 3.63) is 87.6 Å². The van der Waals surface area contributed by atoms with Crippen molar-refractivity contribution in [3.8, 4) is 6.07 Å². The lowest BCUT2D eigenvalue weighted by Crippen LogP contribution is -2.38. The van der Waals surface area contributed by atoms with E-state index in [9.17, 15) is 10.1 Å². The van der Waals surface area contributed by atoms with Gasteiger partial charge in [-0.3, -0.25) is 4.90 Å². The molecule has 6 nitrogen and oxygen atoms in total. The van der Waals surface area contributed by atoms with Crippen molar-refractivity contribution in [1.82, 2.24) is 4.90 Å². The van der Waals surface area contributed by atoms with E-state index in [4.69, 9.17) is 15.5 Å². The van der Waals surface area contributed by atoms with Gasteiger partial charge in [-0.15, -0.1) is 0 Å². The highest BCUT2D eigenvalue weighted by molar-refractivity contribution is 8.17. The summed E-state index contributed by atoms with van der Waals surface area (Å²) in [5.41, 5.74) is 10.0. The van der Waals surface area contributed by atoms with Gasteiger partial charge >= 0.3 is 5.97 Å². The fraction of sp³-hybridized carbons (Fsp3) is 0.174. The molecule has 0 spiro atoms. The number of hydrogen-bond acceptors (Lipinski definition) is 7. The number of rotatable bonds is 4. The van der Waals surface area contributed by atoms with Crippen molar-refractivity contribution < 1.29 is 9.53 Å². The van der Waals surface area contributed by atoms with E-state index in [1.807, 2.05) is 61.5 Å². The molecular weight excluding hydrogens is 396 g/mol. The average Bonchev–Trinajstić information content (AvgIpc) is 3.09. The van der Waals surface area contributed by atoms with E-state index in [-0.39, 0.29) is 6.61 Å². The highest BCUT2D eigenvalue weighted by Gasteiger charge is 2.43. The zero-order valence-corrected chi connectivity index (χ0v) is 17.4. The van der Waals surface area contributed by atoms with E-state index < -0.39 is 12.0 Å². The normalized spacial score (nSPS) is 18.1. The number of hydrogen-bond donors (Lipinski definition) is 1. The molecule has 1 atom stereocenters. The van der Waals surface area contributed by atoms with Crippen LogP contribution in [0.5, 0.6) is 0 Å². The van der Waals surface area contributed by atoms with E-state index in [2.05, 4.69) is 6.07 Å². The van der Waals surface area contributed by atoms with Crippen LogP contribution in [0.25, 0.3) is 5.70 Å². The lowest BCUT2D eigenvalue weighted by atomic mass is 9.91. The topological polar surface area (TPSA) is 91.7 Å². The van der Waals surface area contributed by atoms with E-state index in [1.165, 1.54) is 11.8 Å². The van der Waals surface area contributed by atoms with Gasteiger partial charge in [0.15, 0.2) is 5.17 Å². The van der Waals surface area contributed by atoms with Crippen molar-refractivity contribution in [1.29, 1.82) is 5.26 Å². The van der Waals surface area contributed by atoms with Crippen molar-refractivity contribution in [2.75, 3.05) is 6.61 Å². The quantitative estimate of drug-likeness (QED) is 0.755. The van der Waals surface area contributed by atoms with E-state index in [0.717, 1.165) is 16.7 Å². The van der Waals surface area contributed by atoms with Crippen molar-refractivity contribution >= 4 is 28.6 Å². The summed E-state index contributed by atoms with van der Waals surface area (Å²) >= 11 is 1.21. The van der Waals surface area contributed by atoms with Crippen LogP contribution in [0.15, 0.2) is 75.9 Å². The third kappa shape index (κ3) is 3.36. The first-order chi connectivity index (χ1) is 14.5.